The summed E-state index contributed by atoms with van der Waals surface area (Å²) in [7, 11) is 0. The number of ketones is 1. The first-order valence-electron chi connectivity index (χ1n) is 5.17. The number of allylic oxidation sites excluding steroid dienone is 1. The van der Waals surface area contributed by atoms with Crippen molar-refractivity contribution in [3.63, 3.8) is 0 Å². The summed E-state index contributed by atoms with van der Waals surface area (Å²) in [6.45, 7) is 0. The number of carbonyl (C=O) groups is 2. The Balaban J connectivity index is 2.01. The van der Waals surface area contributed by atoms with Crippen molar-refractivity contribution in [3.05, 3.63) is 12.2 Å². The third kappa shape index (κ3) is 0.925. The van der Waals surface area contributed by atoms with E-state index >= 15 is 0 Å². The number of carbonyl (C=O) groups excluding carboxylic acids is 2. The average Bonchev–Trinajstić information content (AvgIpc) is 2.52. The van der Waals surface area contributed by atoms with Crippen LogP contribution in [0.25, 0.3) is 0 Å². The second kappa shape index (κ2) is 2.69. The monoisotopic (exact) mass is 192 g/mol. The lowest BCUT2D eigenvalue weighted by molar-refractivity contribution is -0.144. The Hall–Kier alpha value is -1.12. The smallest absolute Gasteiger partial charge is 0.313 e. The van der Waals surface area contributed by atoms with Gasteiger partial charge in [0.05, 0.1) is 5.92 Å². The zero-order valence-corrected chi connectivity index (χ0v) is 7.81. The van der Waals surface area contributed by atoms with Crippen LogP contribution in [-0.2, 0) is 14.3 Å². The van der Waals surface area contributed by atoms with Gasteiger partial charge in [0.1, 0.15) is 11.9 Å². The molecule has 2 fully saturated rings. The minimum absolute atomic E-state index is 0.0140. The summed E-state index contributed by atoms with van der Waals surface area (Å²) in [6.07, 6.45) is 6.00. The molecule has 3 nitrogen and oxygen atoms in total. The molecule has 1 saturated carbocycles. The van der Waals surface area contributed by atoms with Crippen molar-refractivity contribution in [1.82, 2.24) is 0 Å². The van der Waals surface area contributed by atoms with Gasteiger partial charge in [-0.3, -0.25) is 9.59 Å². The molecular weight excluding hydrogens is 180 g/mol. The Morgan fingerprint density at radius 1 is 1.36 bits per heavy atom. The third-order valence-corrected chi connectivity index (χ3v) is 3.67. The van der Waals surface area contributed by atoms with Crippen LogP contribution in [0, 0.1) is 17.8 Å². The SMILES string of the molecule is O=C1OC2CCC(=O)C3CC=CC1C23. The molecule has 3 heteroatoms. The van der Waals surface area contributed by atoms with E-state index in [4.69, 9.17) is 4.74 Å². The normalized spacial score (nSPS) is 44.9. The maximum atomic E-state index is 11.7. The van der Waals surface area contributed by atoms with E-state index in [9.17, 15) is 9.59 Å². The first-order chi connectivity index (χ1) is 6.77. The highest BCUT2D eigenvalue weighted by atomic mass is 16.6. The van der Waals surface area contributed by atoms with Crippen molar-refractivity contribution >= 4 is 11.8 Å². The molecule has 14 heavy (non-hydrogen) atoms. The second-order valence-electron chi connectivity index (χ2n) is 4.35. The van der Waals surface area contributed by atoms with Gasteiger partial charge in [0.25, 0.3) is 0 Å². The van der Waals surface area contributed by atoms with Gasteiger partial charge in [0, 0.05) is 18.3 Å². The van der Waals surface area contributed by atoms with Crippen LogP contribution in [0.1, 0.15) is 19.3 Å². The van der Waals surface area contributed by atoms with Crippen LogP contribution in [0.5, 0.6) is 0 Å². The fraction of sp³-hybridized carbons (Fsp3) is 0.636. The second-order valence-corrected chi connectivity index (χ2v) is 4.35. The van der Waals surface area contributed by atoms with Crippen molar-refractivity contribution in [3.8, 4) is 0 Å². The number of ether oxygens (including phenoxy) is 1. The summed E-state index contributed by atoms with van der Waals surface area (Å²) in [5.41, 5.74) is 0. The summed E-state index contributed by atoms with van der Waals surface area (Å²) in [6, 6.07) is 0. The van der Waals surface area contributed by atoms with Gasteiger partial charge in [-0.2, -0.15) is 0 Å². The zero-order chi connectivity index (χ0) is 9.71. The lowest BCUT2D eigenvalue weighted by atomic mass is 9.68. The maximum Gasteiger partial charge on any atom is 0.313 e. The average molecular weight is 192 g/mol. The lowest BCUT2D eigenvalue weighted by Crippen LogP contribution is -2.39. The summed E-state index contributed by atoms with van der Waals surface area (Å²) in [5.74, 6) is 0.251. The molecule has 0 N–H and O–H groups in total. The quantitative estimate of drug-likeness (QED) is 0.426. The zero-order valence-electron chi connectivity index (χ0n) is 7.81. The van der Waals surface area contributed by atoms with Crippen LogP contribution in [0.15, 0.2) is 12.2 Å². The maximum absolute atomic E-state index is 11.7. The molecule has 3 rings (SSSR count). The van der Waals surface area contributed by atoms with Crippen LogP contribution < -0.4 is 0 Å². The van der Waals surface area contributed by atoms with Crippen molar-refractivity contribution in [2.24, 2.45) is 17.8 Å². The molecule has 0 spiro atoms. The number of hydrogen-bond acceptors (Lipinski definition) is 3. The molecule has 1 heterocycles. The third-order valence-electron chi connectivity index (χ3n) is 3.67. The molecule has 1 aliphatic heterocycles. The van der Waals surface area contributed by atoms with E-state index in [2.05, 4.69) is 0 Å². The molecule has 4 atom stereocenters. The highest BCUT2D eigenvalue weighted by molar-refractivity contribution is 5.86. The van der Waals surface area contributed by atoms with Gasteiger partial charge in [-0.15, -0.1) is 0 Å². The minimum Gasteiger partial charge on any atom is -0.462 e. The van der Waals surface area contributed by atoms with Gasteiger partial charge in [-0.25, -0.2) is 0 Å². The van der Waals surface area contributed by atoms with E-state index in [0.717, 1.165) is 12.8 Å². The van der Waals surface area contributed by atoms with Crippen molar-refractivity contribution < 1.29 is 14.3 Å². The van der Waals surface area contributed by atoms with Crippen LogP contribution in [0.2, 0.25) is 0 Å². The van der Waals surface area contributed by atoms with Crippen LogP contribution in [0.4, 0.5) is 0 Å². The van der Waals surface area contributed by atoms with Gasteiger partial charge in [-0.05, 0) is 12.8 Å². The van der Waals surface area contributed by atoms with Gasteiger partial charge < -0.3 is 4.74 Å². The van der Waals surface area contributed by atoms with Crippen molar-refractivity contribution in [2.45, 2.75) is 25.4 Å². The van der Waals surface area contributed by atoms with Crippen LogP contribution >= 0.6 is 0 Å². The highest BCUT2D eigenvalue weighted by Crippen LogP contribution is 2.45. The first kappa shape index (κ1) is 8.21. The number of hydrogen-bond donors (Lipinski definition) is 0. The highest BCUT2D eigenvalue weighted by Gasteiger charge is 2.52. The Bertz CT molecular complexity index is 331. The standard InChI is InChI=1S/C11H12O3/c12-8-4-5-9-10-6(8)2-1-3-7(10)11(13)14-9/h1,3,6-7,9-10H,2,4-5H2. The molecule has 4 unspecified atom stereocenters. The molecule has 0 radical (unpaired) electrons. The molecule has 0 aromatic carbocycles. The molecule has 74 valence electrons. The number of rotatable bonds is 0. The topological polar surface area (TPSA) is 43.4 Å². The van der Waals surface area contributed by atoms with Gasteiger partial charge in [-0.1, -0.05) is 12.2 Å². The summed E-state index contributed by atoms with van der Waals surface area (Å²) in [4.78, 5) is 23.1. The van der Waals surface area contributed by atoms with Gasteiger partial charge in [0.15, 0.2) is 0 Å². The van der Waals surface area contributed by atoms with Crippen LogP contribution in [0.3, 0.4) is 0 Å². The Morgan fingerprint density at radius 2 is 2.21 bits per heavy atom. The fourth-order valence-electron chi connectivity index (χ4n) is 3.01. The Labute approximate surface area is 82.1 Å². The molecule has 3 aliphatic rings. The number of Topliss-reactive ketones (excluding diaryl/α,β-unsaturated/α-hetero) is 1. The molecule has 0 aromatic rings. The first-order valence-corrected chi connectivity index (χ1v) is 5.17. The van der Waals surface area contributed by atoms with E-state index in [0.29, 0.717) is 12.2 Å². The molecule has 2 aliphatic carbocycles. The summed E-state index contributed by atoms with van der Waals surface area (Å²) < 4.78 is 5.29. The Morgan fingerprint density at radius 3 is 3.07 bits per heavy atom. The Kier molecular flexibility index (Phi) is 1.58. The van der Waals surface area contributed by atoms with Crippen molar-refractivity contribution in [2.75, 3.05) is 0 Å². The van der Waals surface area contributed by atoms with Gasteiger partial charge in [0.2, 0.25) is 0 Å². The molecule has 0 amide bonds. The minimum atomic E-state index is -0.136. The molecule has 0 aromatic heterocycles. The predicted molar refractivity (Wildman–Crippen MR) is 48.3 cm³/mol. The van der Waals surface area contributed by atoms with Gasteiger partial charge >= 0.3 is 5.97 Å². The van der Waals surface area contributed by atoms with E-state index < -0.39 is 0 Å². The van der Waals surface area contributed by atoms with E-state index in [-0.39, 0.29) is 29.8 Å². The molecular formula is C11H12O3. The summed E-state index contributed by atoms with van der Waals surface area (Å²) in [5, 5.41) is 0. The molecule has 0 bridgehead atoms. The van der Waals surface area contributed by atoms with E-state index in [1.165, 1.54) is 0 Å². The molecule has 1 saturated heterocycles. The van der Waals surface area contributed by atoms with E-state index in [1.807, 2.05) is 12.2 Å². The van der Waals surface area contributed by atoms with Crippen molar-refractivity contribution in [1.29, 1.82) is 0 Å². The number of esters is 1. The predicted octanol–water partition coefficient (Wildman–Crippen LogP) is 1.08. The fourth-order valence-corrected chi connectivity index (χ4v) is 3.01. The van der Waals surface area contributed by atoms with E-state index in [1.54, 1.807) is 0 Å². The summed E-state index contributed by atoms with van der Waals surface area (Å²) >= 11 is 0. The van der Waals surface area contributed by atoms with Crippen LogP contribution in [-0.4, -0.2) is 17.9 Å². The lowest BCUT2D eigenvalue weighted by Gasteiger charge is -2.33. The largest absolute Gasteiger partial charge is 0.462 e.